The molecule has 5 nitrogen and oxygen atoms in total. The Kier molecular flexibility index (Phi) is 5.11. The number of hydrogen-bond acceptors (Lipinski definition) is 3. The number of nitro benzene ring substituents is 1. The van der Waals surface area contributed by atoms with Crippen LogP contribution in [0.1, 0.15) is 38.1 Å². The molecule has 0 spiro atoms. The SMILES string of the molecule is CC(C)C(C)(C)CNC(=O)c1cc(Cl)ccc1[N+](=O)[O-]. The van der Waals surface area contributed by atoms with Crippen LogP contribution in [-0.4, -0.2) is 17.4 Å². The van der Waals surface area contributed by atoms with Crippen LogP contribution in [0.3, 0.4) is 0 Å². The molecule has 0 aliphatic rings. The van der Waals surface area contributed by atoms with E-state index in [9.17, 15) is 14.9 Å². The van der Waals surface area contributed by atoms with Crippen molar-refractivity contribution in [1.29, 1.82) is 0 Å². The molecule has 0 saturated carbocycles. The van der Waals surface area contributed by atoms with Gasteiger partial charge in [-0.05, 0) is 23.5 Å². The zero-order valence-corrected chi connectivity index (χ0v) is 12.8. The fourth-order valence-corrected chi connectivity index (χ4v) is 1.63. The van der Waals surface area contributed by atoms with Crippen molar-refractivity contribution in [3.63, 3.8) is 0 Å². The van der Waals surface area contributed by atoms with Gasteiger partial charge in [0.1, 0.15) is 5.56 Å². The molecule has 1 rings (SSSR count). The van der Waals surface area contributed by atoms with Crippen molar-refractivity contribution in [1.82, 2.24) is 5.32 Å². The lowest BCUT2D eigenvalue weighted by atomic mass is 9.81. The van der Waals surface area contributed by atoms with Gasteiger partial charge in [0.25, 0.3) is 11.6 Å². The van der Waals surface area contributed by atoms with Crippen LogP contribution in [0, 0.1) is 21.4 Å². The number of amides is 1. The Bertz CT molecular complexity index is 527. The van der Waals surface area contributed by atoms with Crippen molar-refractivity contribution >= 4 is 23.2 Å². The Balaban J connectivity index is 2.93. The number of nitrogens with zero attached hydrogens (tertiary/aromatic N) is 1. The molecule has 0 aromatic heterocycles. The molecule has 1 aromatic rings. The molecule has 0 radical (unpaired) electrons. The Hall–Kier alpha value is -1.62. The minimum Gasteiger partial charge on any atom is -0.351 e. The summed E-state index contributed by atoms with van der Waals surface area (Å²) in [5.41, 5.74) is -0.348. The predicted octanol–water partition coefficient (Wildman–Crippen LogP) is 3.66. The topological polar surface area (TPSA) is 72.2 Å². The largest absolute Gasteiger partial charge is 0.351 e. The fraction of sp³-hybridized carbons (Fsp3) is 0.500. The van der Waals surface area contributed by atoms with Gasteiger partial charge in [0.15, 0.2) is 0 Å². The molecular weight excluding hydrogens is 280 g/mol. The third-order valence-electron chi connectivity index (χ3n) is 3.67. The molecule has 110 valence electrons. The minimum absolute atomic E-state index is 0.0120. The molecule has 0 aliphatic heterocycles. The van der Waals surface area contributed by atoms with Gasteiger partial charge in [-0.25, -0.2) is 0 Å². The first-order chi connectivity index (χ1) is 9.15. The normalized spacial score (nSPS) is 11.5. The van der Waals surface area contributed by atoms with E-state index in [1.807, 2.05) is 13.8 Å². The number of nitro groups is 1. The van der Waals surface area contributed by atoms with E-state index in [1.54, 1.807) is 0 Å². The van der Waals surface area contributed by atoms with Gasteiger partial charge < -0.3 is 5.32 Å². The standard InChI is InChI=1S/C14H19ClN2O3/c1-9(2)14(3,4)8-16-13(18)11-7-10(15)5-6-12(11)17(19)20/h5-7,9H,8H2,1-4H3,(H,16,18). The number of hydrogen-bond donors (Lipinski definition) is 1. The zero-order valence-electron chi connectivity index (χ0n) is 12.1. The molecule has 20 heavy (non-hydrogen) atoms. The molecule has 0 aliphatic carbocycles. The molecule has 0 atom stereocenters. The summed E-state index contributed by atoms with van der Waals surface area (Å²) in [5, 5.41) is 14.0. The van der Waals surface area contributed by atoms with Crippen molar-refractivity contribution in [3.8, 4) is 0 Å². The van der Waals surface area contributed by atoms with Crippen LogP contribution in [-0.2, 0) is 0 Å². The van der Waals surface area contributed by atoms with Gasteiger partial charge in [-0.2, -0.15) is 0 Å². The second-order valence-electron chi connectivity index (χ2n) is 5.74. The van der Waals surface area contributed by atoms with Crippen molar-refractivity contribution < 1.29 is 9.72 Å². The number of halogens is 1. The highest BCUT2D eigenvalue weighted by Crippen LogP contribution is 2.26. The summed E-state index contributed by atoms with van der Waals surface area (Å²) >= 11 is 5.80. The van der Waals surface area contributed by atoms with Crippen LogP contribution in [0.4, 0.5) is 5.69 Å². The van der Waals surface area contributed by atoms with Gasteiger partial charge in [0.05, 0.1) is 4.92 Å². The summed E-state index contributed by atoms with van der Waals surface area (Å²) in [6, 6.07) is 3.96. The molecule has 6 heteroatoms. The maximum absolute atomic E-state index is 12.1. The smallest absolute Gasteiger partial charge is 0.282 e. The first-order valence-corrected chi connectivity index (χ1v) is 6.75. The quantitative estimate of drug-likeness (QED) is 0.666. The summed E-state index contributed by atoms with van der Waals surface area (Å²) in [5.74, 6) is -0.106. The molecule has 1 amide bonds. The third kappa shape index (κ3) is 3.93. The van der Waals surface area contributed by atoms with E-state index in [1.165, 1.54) is 18.2 Å². The third-order valence-corrected chi connectivity index (χ3v) is 3.90. The maximum atomic E-state index is 12.1. The van der Waals surface area contributed by atoms with Crippen molar-refractivity contribution in [2.75, 3.05) is 6.54 Å². The molecule has 0 saturated heterocycles. The summed E-state index contributed by atoms with van der Waals surface area (Å²) in [6.07, 6.45) is 0. The summed E-state index contributed by atoms with van der Waals surface area (Å²) in [7, 11) is 0. The van der Waals surface area contributed by atoms with Crippen molar-refractivity contribution in [2.45, 2.75) is 27.7 Å². The van der Waals surface area contributed by atoms with Gasteiger partial charge >= 0.3 is 0 Å². The van der Waals surface area contributed by atoms with E-state index in [2.05, 4.69) is 19.2 Å². The van der Waals surface area contributed by atoms with Gasteiger partial charge in [-0.1, -0.05) is 39.3 Å². The monoisotopic (exact) mass is 298 g/mol. The summed E-state index contributed by atoms with van der Waals surface area (Å²) < 4.78 is 0. The van der Waals surface area contributed by atoms with Crippen LogP contribution < -0.4 is 5.32 Å². The second-order valence-corrected chi connectivity index (χ2v) is 6.18. The van der Waals surface area contributed by atoms with Crippen LogP contribution in [0.15, 0.2) is 18.2 Å². The first kappa shape index (κ1) is 16.4. The van der Waals surface area contributed by atoms with Crippen LogP contribution in [0.2, 0.25) is 5.02 Å². The van der Waals surface area contributed by atoms with Crippen molar-refractivity contribution in [3.05, 3.63) is 38.9 Å². The van der Waals surface area contributed by atoms with E-state index in [0.717, 1.165) is 0 Å². The Morgan fingerprint density at radius 2 is 2.05 bits per heavy atom. The van der Waals surface area contributed by atoms with Crippen LogP contribution in [0.25, 0.3) is 0 Å². The lowest BCUT2D eigenvalue weighted by Crippen LogP contribution is -2.37. The number of carbonyl (C=O) groups excluding carboxylic acids is 1. The van der Waals surface area contributed by atoms with E-state index in [4.69, 9.17) is 11.6 Å². The minimum atomic E-state index is -0.584. The molecule has 1 N–H and O–H groups in total. The molecule has 0 unspecified atom stereocenters. The van der Waals surface area contributed by atoms with Gasteiger partial charge in [0.2, 0.25) is 0 Å². The van der Waals surface area contributed by atoms with Crippen LogP contribution >= 0.6 is 11.6 Å². The number of nitrogens with one attached hydrogen (secondary N) is 1. The molecule has 0 fully saturated rings. The number of carbonyl (C=O) groups is 1. The first-order valence-electron chi connectivity index (χ1n) is 6.37. The van der Waals surface area contributed by atoms with Gasteiger partial charge in [-0.15, -0.1) is 0 Å². The second kappa shape index (κ2) is 6.22. The Morgan fingerprint density at radius 1 is 1.45 bits per heavy atom. The van der Waals surface area contributed by atoms with E-state index >= 15 is 0 Å². The van der Waals surface area contributed by atoms with Crippen molar-refractivity contribution in [2.24, 2.45) is 11.3 Å². The molecule has 1 aromatic carbocycles. The van der Waals surface area contributed by atoms with E-state index in [0.29, 0.717) is 17.5 Å². The Labute approximate surface area is 123 Å². The summed E-state index contributed by atoms with van der Waals surface area (Å²) in [6.45, 7) is 8.63. The highest BCUT2D eigenvalue weighted by molar-refractivity contribution is 6.31. The number of rotatable bonds is 5. The number of benzene rings is 1. The fourth-order valence-electron chi connectivity index (χ4n) is 1.46. The highest BCUT2D eigenvalue weighted by atomic mass is 35.5. The lowest BCUT2D eigenvalue weighted by molar-refractivity contribution is -0.385. The van der Waals surface area contributed by atoms with E-state index < -0.39 is 10.8 Å². The molecule has 0 bridgehead atoms. The Morgan fingerprint density at radius 3 is 2.55 bits per heavy atom. The van der Waals surface area contributed by atoms with E-state index in [-0.39, 0.29) is 16.7 Å². The highest BCUT2D eigenvalue weighted by Gasteiger charge is 2.25. The maximum Gasteiger partial charge on any atom is 0.282 e. The average molecular weight is 299 g/mol. The average Bonchev–Trinajstić information content (AvgIpc) is 2.35. The molecular formula is C14H19ClN2O3. The lowest BCUT2D eigenvalue weighted by Gasteiger charge is -2.29. The van der Waals surface area contributed by atoms with Crippen LogP contribution in [0.5, 0.6) is 0 Å². The molecule has 0 heterocycles. The van der Waals surface area contributed by atoms with Gasteiger partial charge in [-0.3, -0.25) is 14.9 Å². The summed E-state index contributed by atoms with van der Waals surface area (Å²) in [4.78, 5) is 22.5. The predicted molar refractivity (Wildman–Crippen MR) is 79.1 cm³/mol. The zero-order chi connectivity index (χ0) is 15.5. The van der Waals surface area contributed by atoms with Gasteiger partial charge in [0, 0.05) is 17.6 Å².